The van der Waals surface area contributed by atoms with E-state index in [1.54, 1.807) is 17.0 Å². The second-order valence-electron chi connectivity index (χ2n) is 5.36. The zero-order valence-electron chi connectivity index (χ0n) is 12.8. The zero-order chi connectivity index (χ0) is 16.2. The summed E-state index contributed by atoms with van der Waals surface area (Å²) < 4.78 is 1.59. The maximum absolute atomic E-state index is 12.3. The number of carbonyl (C=O) groups excluding carboxylic acids is 2. The fourth-order valence-electron chi connectivity index (χ4n) is 2.45. The zero-order valence-corrected chi connectivity index (χ0v) is 12.8. The predicted molar refractivity (Wildman–Crippen MR) is 89.4 cm³/mol. The van der Waals surface area contributed by atoms with Gasteiger partial charge in [0.05, 0.1) is 5.52 Å². The normalized spacial score (nSPS) is 10.7. The number of aromatic nitrogens is 2. The molecule has 0 aliphatic heterocycles. The Hall–Kier alpha value is -2.95. The first kappa shape index (κ1) is 15.0. The van der Waals surface area contributed by atoms with Gasteiger partial charge >= 0.3 is 0 Å². The van der Waals surface area contributed by atoms with Gasteiger partial charge in [-0.05, 0) is 30.7 Å². The average Bonchev–Trinajstić information content (AvgIpc) is 2.99. The molecule has 0 unspecified atom stereocenters. The summed E-state index contributed by atoms with van der Waals surface area (Å²) in [5, 5.41) is 3.75. The Morgan fingerprint density at radius 1 is 1.09 bits per heavy atom. The van der Waals surface area contributed by atoms with Gasteiger partial charge in [0.1, 0.15) is 5.82 Å². The van der Waals surface area contributed by atoms with Crippen molar-refractivity contribution in [1.82, 2.24) is 9.55 Å². The van der Waals surface area contributed by atoms with Crippen LogP contribution in [-0.2, 0) is 4.79 Å². The highest BCUT2D eigenvalue weighted by atomic mass is 16.2. The molecule has 0 atom stereocenters. The van der Waals surface area contributed by atoms with E-state index in [0.717, 1.165) is 16.5 Å². The lowest BCUT2D eigenvalue weighted by Crippen LogP contribution is -2.17. The summed E-state index contributed by atoms with van der Waals surface area (Å²) in [7, 11) is 0. The number of benzene rings is 1. The van der Waals surface area contributed by atoms with Crippen molar-refractivity contribution in [3.63, 3.8) is 0 Å². The van der Waals surface area contributed by atoms with Crippen molar-refractivity contribution in [2.45, 2.75) is 19.8 Å². The van der Waals surface area contributed by atoms with Crippen LogP contribution in [0.1, 0.15) is 23.2 Å². The highest BCUT2D eigenvalue weighted by Crippen LogP contribution is 2.16. The quantitative estimate of drug-likeness (QED) is 0.803. The molecule has 3 aromatic rings. The van der Waals surface area contributed by atoms with Crippen molar-refractivity contribution in [3.05, 3.63) is 60.4 Å². The minimum absolute atomic E-state index is 0.0981. The highest BCUT2D eigenvalue weighted by Gasteiger charge is 2.12. The van der Waals surface area contributed by atoms with Crippen molar-refractivity contribution < 1.29 is 9.59 Å². The standard InChI is InChI=1S/C18H17N3O2/c1-13-5-4-11-19-18(13)20-16(22)8-9-17(23)21-12-10-14-6-2-3-7-15(14)21/h2-7,10-12H,8-9H2,1H3,(H,19,20,22). The van der Waals surface area contributed by atoms with Gasteiger partial charge in [0, 0.05) is 30.6 Å². The second kappa shape index (κ2) is 6.44. The van der Waals surface area contributed by atoms with E-state index in [0.29, 0.717) is 5.82 Å². The molecule has 0 fully saturated rings. The maximum atomic E-state index is 12.3. The molecule has 1 amide bonds. The van der Waals surface area contributed by atoms with Gasteiger partial charge < -0.3 is 5.32 Å². The summed E-state index contributed by atoms with van der Waals surface area (Å²) in [6, 6.07) is 13.2. The Bertz CT molecular complexity index is 867. The van der Waals surface area contributed by atoms with E-state index in [4.69, 9.17) is 0 Å². The monoisotopic (exact) mass is 307 g/mol. The van der Waals surface area contributed by atoms with Gasteiger partial charge in [0.2, 0.25) is 11.8 Å². The van der Waals surface area contributed by atoms with E-state index in [1.807, 2.05) is 49.4 Å². The molecule has 0 radical (unpaired) electrons. The number of hydrogen-bond acceptors (Lipinski definition) is 3. The number of hydrogen-bond donors (Lipinski definition) is 1. The summed E-state index contributed by atoms with van der Waals surface area (Å²) in [4.78, 5) is 28.4. The fourth-order valence-corrected chi connectivity index (χ4v) is 2.45. The Morgan fingerprint density at radius 3 is 2.74 bits per heavy atom. The number of amides is 1. The largest absolute Gasteiger partial charge is 0.310 e. The van der Waals surface area contributed by atoms with E-state index in [-0.39, 0.29) is 24.7 Å². The summed E-state index contributed by atoms with van der Waals surface area (Å²) in [6.07, 6.45) is 3.64. The number of anilines is 1. The van der Waals surface area contributed by atoms with Crippen molar-refractivity contribution in [2.75, 3.05) is 5.32 Å². The van der Waals surface area contributed by atoms with Crippen LogP contribution in [0.5, 0.6) is 0 Å². The molecule has 0 spiro atoms. The highest BCUT2D eigenvalue weighted by molar-refractivity contribution is 5.96. The fraction of sp³-hybridized carbons (Fsp3) is 0.167. The molecule has 23 heavy (non-hydrogen) atoms. The third kappa shape index (κ3) is 3.29. The number of fused-ring (bicyclic) bond motifs is 1. The molecule has 0 bridgehead atoms. The average molecular weight is 307 g/mol. The summed E-state index contributed by atoms with van der Waals surface area (Å²) in [5.41, 5.74) is 1.75. The van der Waals surface area contributed by atoms with E-state index in [2.05, 4.69) is 10.3 Å². The number of rotatable bonds is 4. The Kier molecular flexibility index (Phi) is 4.19. The van der Waals surface area contributed by atoms with Gasteiger partial charge in [-0.2, -0.15) is 0 Å². The third-order valence-electron chi connectivity index (χ3n) is 3.70. The van der Waals surface area contributed by atoms with Crippen LogP contribution in [0.4, 0.5) is 5.82 Å². The van der Waals surface area contributed by atoms with Crippen LogP contribution in [0.3, 0.4) is 0 Å². The van der Waals surface area contributed by atoms with Crippen LogP contribution in [0.15, 0.2) is 54.9 Å². The molecular formula is C18H17N3O2. The Labute approximate surface area is 134 Å². The molecule has 116 valence electrons. The molecule has 0 saturated carbocycles. The minimum atomic E-state index is -0.211. The number of nitrogens with one attached hydrogen (secondary N) is 1. The van der Waals surface area contributed by atoms with Crippen molar-refractivity contribution in [2.24, 2.45) is 0 Å². The number of aryl methyl sites for hydroxylation is 1. The molecule has 1 aromatic carbocycles. The number of carbonyl (C=O) groups is 2. The number of nitrogens with zero attached hydrogens (tertiary/aromatic N) is 2. The van der Waals surface area contributed by atoms with Gasteiger partial charge in [-0.25, -0.2) is 4.98 Å². The van der Waals surface area contributed by atoms with Crippen molar-refractivity contribution in [1.29, 1.82) is 0 Å². The van der Waals surface area contributed by atoms with Crippen molar-refractivity contribution >= 4 is 28.5 Å². The predicted octanol–water partition coefficient (Wildman–Crippen LogP) is 3.40. The number of para-hydroxylation sites is 1. The molecule has 0 saturated heterocycles. The van der Waals surface area contributed by atoms with Crippen LogP contribution in [-0.4, -0.2) is 21.4 Å². The molecule has 5 heteroatoms. The first-order valence-electron chi connectivity index (χ1n) is 7.46. The molecule has 0 aliphatic rings. The summed E-state index contributed by atoms with van der Waals surface area (Å²) in [6.45, 7) is 1.87. The lowest BCUT2D eigenvalue weighted by atomic mass is 10.2. The van der Waals surface area contributed by atoms with Gasteiger partial charge in [0.25, 0.3) is 0 Å². The third-order valence-corrected chi connectivity index (χ3v) is 3.70. The van der Waals surface area contributed by atoms with E-state index in [9.17, 15) is 9.59 Å². The van der Waals surface area contributed by atoms with Gasteiger partial charge in [-0.15, -0.1) is 0 Å². The molecule has 5 nitrogen and oxygen atoms in total. The van der Waals surface area contributed by atoms with Crippen LogP contribution < -0.4 is 5.32 Å². The van der Waals surface area contributed by atoms with Crippen LogP contribution >= 0.6 is 0 Å². The molecule has 0 aliphatic carbocycles. The summed E-state index contributed by atoms with van der Waals surface area (Å²) >= 11 is 0. The molecular weight excluding hydrogens is 290 g/mol. The molecule has 3 rings (SSSR count). The molecule has 2 aromatic heterocycles. The maximum Gasteiger partial charge on any atom is 0.231 e. The second-order valence-corrected chi connectivity index (χ2v) is 5.36. The van der Waals surface area contributed by atoms with Gasteiger partial charge in [-0.3, -0.25) is 14.2 Å². The first-order valence-corrected chi connectivity index (χ1v) is 7.46. The van der Waals surface area contributed by atoms with Gasteiger partial charge in [-0.1, -0.05) is 24.3 Å². The van der Waals surface area contributed by atoms with E-state index >= 15 is 0 Å². The lowest BCUT2D eigenvalue weighted by molar-refractivity contribution is -0.116. The summed E-state index contributed by atoms with van der Waals surface area (Å²) in [5.74, 6) is 0.229. The van der Waals surface area contributed by atoms with Crippen LogP contribution in [0, 0.1) is 6.92 Å². The number of pyridine rings is 1. The Morgan fingerprint density at radius 2 is 1.91 bits per heavy atom. The van der Waals surface area contributed by atoms with Gasteiger partial charge in [0.15, 0.2) is 0 Å². The first-order chi connectivity index (χ1) is 11.1. The molecule has 1 N–H and O–H groups in total. The smallest absolute Gasteiger partial charge is 0.231 e. The van der Waals surface area contributed by atoms with Crippen LogP contribution in [0.25, 0.3) is 10.9 Å². The topological polar surface area (TPSA) is 64.0 Å². The SMILES string of the molecule is Cc1cccnc1NC(=O)CCC(=O)n1ccc2ccccc21. The van der Waals surface area contributed by atoms with E-state index < -0.39 is 0 Å². The van der Waals surface area contributed by atoms with Crippen molar-refractivity contribution in [3.8, 4) is 0 Å². The molecule has 2 heterocycles. The Balaban J connectivity index is 1.63. The van der Waals surface area contributed by atoms with E-state index in [1.165, 1.54) is 0 Å². The lowest BCUT2D eigenvalue weighted by Gasteiger charge is -2.07. The minimum Gasteiger partial charge on any atom is -0.310 e. The van der Waals surface area contributed by atoms with Crippen LogP contribution in [0.2, 0.25) is 0 Å².